The summed E-state index contributed by atoms with van der Waals surface area (Å²) < 4.78 is 6.19. The zero-order chi connectivity index (χ0) is 17.5. The average Bonchev–Trinajstić information content (AvgIpc) is 3.29. The second kappa shape index (κ2) is 9.22. The average molecular weight is 352 g/mol. The summed E-state index contributed by atoms with van der Waals surface area (Å²) in [4.78, 5) is 7.11. The highest BCUT2D eigenvalue weighted by molar-refractivity contribution is 5.80. The van der Waals surface area contributed by atoms with Crippen LogP contribution in [0.1, 0.15) is 71.1 Å². The molecular formula is C20H37N3O2. The molecule has 0 radical (unpaired) electrons. The largest absolute Gasteiger partial charge is 0.388 e. The Balaban J connectivity index is 1.44. The van der Waals surface area contributed by atoms with E-state index in [1.54, 1.807) is 0 Å². The van der Waals surface area contributed by atoms with Crippen molar-refractivity contribution in [3.63, 3.8) is 0 Å². The van der Waals surface area contributed by atoms with Crippen LogP contribution in [0.3, 0.4) is 0 Å². The standard InChI is InChI=1S/C20H37N3O2/c1-2-21-19(22-16-20(24)11-5-6-12-20)23-13-9-18(10-14-23)25-15-17-7-3-4-8-17/h17-18,24H,2-16H2,1H3,(H,21,22). The highest BCUT2D eigenvalue weighted by Gasteiger charge is 2.31. The predicted octanol–water partition coefficient (Wildman–Crippen LogP) is 2.93. The zero-order valence-corrected chi connectivity index (χ0v) is 16.0. The van der Waals surface area contributed by atoms with Crippen LogP contribution in [0, 0.1) is 5.92 Å². The van der Waals surface area contributed by atoms with Crippen LogP contribution in [0.2, 0.25) is 0 Å². The van der Waals surface area contributed by atoms with Crippen molar-refractivity contribution in [1.29, 1.82) is 0 Å². The van der Waals surface area contributed by atoms with Crippen LogP contribution >= 0.6 is 0 Å². The maximum absolute atomic E-state index is 10.5. The molecule has 0 unspecified atom stereocenters. The monoisotopic (exact) mass is 351 g/mol. The van der Waals surface area contributed by atoms with E-state index in [2.05, 4.69) is 17.1 Å². The van der Waals surface area contributed by atoms with E-state index in [1.165, 1.54) is 25.7 Å². The quantitative estimate of drug-likeness (QED) is 0.571. The van der Waals surface area contributed by atoms with E-state index in [-0.39, 0.29) is 0 Å². The lowest BCUT2D eigenvalue weighted by molar-refractivity contribution is 0.000843. The van der Waals surface area contributed by atoms with Crippen LogP contribution in [0.15, 0.2) is 4.99 Å². The van der Waals surface area contributed by atoms with Gasteiger partial charge in [-0.25, -0.2) is 0 Å². The molecule has 1 saturated heterocycles. The molecule has 0 amide bonds. The van der Waals surface area contributed by atoms with Crippen LogP contribution in [0.5, 0.6) is 0 Å². The van der Waals surface area contributed by atoms with Crippen molar-refractivity contribution in [3.8, 4) is 0 Å². The van der Waals surface area contributed by atoms with E-state index in [4.69, 9.17) is 9.73 Å². The van der Waals surface area contributed by atoms with Gasteiger partial charge in [0.2, 0.25) is 0 Å². The van der Waals surface area contributed by atoms with E-state index in [0.717, 1.165) is 76.6 Å². The fraction of sp³-hybridized carbons (Fsp3) is 0.950. The smallest absolute Gasteiger partial charge is 0.194 e. The van der Waals surface area contributed by atoms with Gasteiger partial charge in [-0.2, -0.15) is 0 Å². The summed E-state index contributed by atoms with van der Waals surface area (Å²) in [6.07, 6.45) is 12.1. The number of likely N-dealkylation sites (tertiary alicyclic amines) is 1. The minimum atomic E-state index is -0.566. The SMILES string of the molecule is CCNC(=NCC1(O)CCCC1)N1CCC(OCC2CCCC2)CC1. The Bertz CT molecular complexity index is 421. The molecular weight excluding hydrogens is 314 g/mol. The molecule has 1 heterocycles. The third-order valence-corrected chi connectivity index (χ3v) is 6.18. The van der Waals surface area contributed by atoms with Gasteiger partial charge in [0.1, 0.15) is 0 Å². The van der Waals surface area contributed by atoms with Gasteiger partial charge in [-0.05, 0) is 51.4 Å². The Labute approximate surface area is 153 Å². The summed E-state index contributed by atoms with van der Waals surface area (Å²) in [7, 11) is 0. The van der Waals surface area contributed by atoms with E-state index < -0.39 is 5.60 Å². The maximum Gasteiger partial charge on any atom is 0.194 e. The molecule has 0 aromatic carbocycles. The summed E-state index contributed by atoms with van der Waals surface area (Å²) in [5.41, 5.74) is -0.566. The van der Waals surface area contributed by atoms with E-state index >= 15 is 0 Å². The highest BCUT2D eigenvalue weighted by Crippen LogP contribution is 2.30. The molecule has 2 aliphatic carbocycles. The molecule has 144 valence electrons. The minimum Gasteiger partial charge on any atom is -0.388 e. The fourth-order valence-corrected chi connectivity index (χ4v) is 4.52. The number of ether oxygens (including phenoxy) is 1. The Morgan fingerprint density at radius 1 is 1.12 bits per heavy atom. The molecule has 25 heavy (non-hydrogen) atoms. The first-order valence-corrected chi connectivity index (χ1v) is 10.6. The summed E-state index contributed by atoms with van der Waals surface area (Å²) in [6.45, 7) is 6.48. The fourth-order valence-electron chi connectivity index (χ4n) is 4.52. The van der Waals surface area contributed by atoms with Crippen molar-refractivity contribution in [2.24, 2.45) is 10.9 Å². The number of hydrogen-bond donors (Lipinski definition) is 2. The molecule has 2 saturated carbocycles. The molecule has 0 atom stereocenters. The Morgan fingerprint density at radius 3 is 2.44 bits per heavy atom. The summed E-state index contributed by atoms with van der Waals surface area (Å²) in [5, 5.41) is 14.0. The van der Waals surface area contributed by atoms with Gasteiger partial charge in [0, 0.05) is 26.2 Å². The van der Waals surface area contributed by atoms with E-state index in [9.17, 15) is 5.11 Å². The molecule has 3 rings (SSSR count). The summed E-state index contributed by atoms with van der Waals surface area (Å²) in [5.74, 6) is 1.78. The van der Waals surface area contributed by atoms with Gasteiger partial charge in [0.15, 0.2) is 5.96 Å². The number of rotatable bonds is 6. The Hall–Kier alpha value is -0.810. The Morgan fingerprint density at radius 2 is 1.80 bits per heavy atom. The second-order valence-corrected chi connectivity index (χ2v) is 8.27. The number of piperidine rings is 1. The first-order chi connectivity index (χ1) is 12.2. The van der Waals surface area contributed by atoms with Crippen molar-refractivity contribution in [1.82, 2.24) is 10.2 Å². The summed E-state index contributed by atoms with van der Waals surface area (Å²) >= 11 is 0. The number of aliphatic hydroxyl groups is 1. The number of aliphatic imine (C=N–C) groups is 1. The predicted molar refractivity (Wildman–Crippen MR) is 102 cm³/mol. The first kappa shape index (κ1) is 19.0. The van der Waals surface area contributed by atoms with E-state index in [1.807, 2.05) is 0 Å². The van der Waals surface area contributed by atoms with Gasteiger partial charge in [-0.3, -0.25) is 4.99 Å². The topological polar surface area (TPSA) is 57.1 Å². The number of hydrogen-bond acceptors (Lipinski definition) is 3. The lowest BCUT2D eigenvalue weighted by Gasteiger charge is -2.35. The van der Waals surface area contributed by atoms with Gasteiger partial charge in [-0.1, -0.05) is 25.7 Å². The van der Waals surface area contributed by atoms with Gasteiger partial charge >= 0.3 is 0 Å². The van der Waals surface area contributed by atoms with Gasteiger partial charge in [-0.15, -0.1) is 0 Å². The molecule has 5 heteroatoms. The van der Waals surface area contributed by atoms with Crippen molar-refractivity contribution in [3.05, 3.63) is 0 Å². The van der Waals surface area contributed by atoms with Crippen LogP contribution in [-0.4, -0.2) is 60.5 Å². The van der Waals surface area contributed by atoms with Crippen LogP contribution < -0.4 is 5.32 Å². The van der Waals surface area contributed by atoms with Gasteiger partial charge < -0.3 is 20.1 Å². The summed E-state index contributed by atoms with van der Waals surface area (Å²) in [6, 6.07) is 0. The molecule has 0 bridgehead atoms. The molecule has 2 N–H and O–H groups in total. The molecule has 0 aromatic heterocycles. The highest BCUT2D eigenvalue weighted by atomic mass is 16.5. The first-order valence-electron chi connectivity index (χ1n) is 10.6. The molecule has 5 nitrogen and oxygen atoms in total. The number of nitrogens with zero attached hydrogens (tertiary/aromatic N) is 2. The van der Waals surface area contributed by atoms with Crippen molar-refractivity contribution in [2.75, 3.05) is 32.8 Å². The second-order valence-electron chi connectivity index (χ2n) is 8.27. The third-order valence-electron chi connectivity index (χ3n) is 6.18. The molecule has 3 fully saturated rings. The lowest BCUT2D eigenvalue weighted by Crippen LogP contribution is -2.47. The molecule has 0 spiro atoms. The lowest BCUT2D eigenvalue weighted by atomic mass is 10.0. The molecule has 1 aliphatic heterocycles. The maximum atomic E-state index is 10.5. The number of nitrogens with one attached hydrogen (secondary N) is 1. The van der Waals surface area contributed by atoms with E-state index in [0.29, 0.717) is 12.6 Å². The third kappa shape index (κ3) is 5.58. The normalized spacial score (nSPS) is 25.7. The van der Waals surface area contributed by atoms with Crippen LogP contribution in [-0.2, 0) is 4.74 Å². The minimum absolute atomic E-state index is 0.416. The van der Waals surface area contributed by atoms with Crippen LogP contribution in [0.25, 0.3) is 0 Å². The molecule has 3 aliphatic rings. The van der Waals surface area contributed by atoms with Crippen molar-refractivity contribution in [2.45, 2.75) is 82.8 Å². The van der Waals surface area contributed by atoms with Crippen molar-refractivity contribution < 1.29 is 9.84 Å². The van der Waals surface area contributed by atoms with Crippen molar-refractivity contribution >= 4 is 5.96 Å². The number of guanidine groups is 1. The van der Waals surface area contributed by atoms with Crippen LogP contribution in [0.4, 0.5) is 0 Å². The van der Waals surface area contributed by atoms with Gasteiger partial charge in [0.25, 0.3) is 0 Å². The Kier molecular flexibility index (Phi) is 7.00. The van der Waals surface area contributed by atoms with Gasteiger partial charge in [0.05, 0.1) is 18.2 Å². The zero-order valence-electron chi connectivity index (χ0n) is 16.0. The molecule has 0 aromatic rings.